The Labute approximate surface area is 99.1 Å². The summed E-state index contributed by atoms with van der Waals surface area (Å²) in [7, 11) is 2.92. The van der Waals surface area contributed by atoms with Crippen molar-refractivity contribution in [2.45, 2.75) is 6.92 Å². The molecule has 0 bridgehead atoms. The van der Waals surface area contributed by atoms with Gasteiger partial charge >= 0.3 is 0 Å². The fourth-order valence-electron chi connectivity index (χ4n) is 1.36. The minimum Gasteiger partial charge on any atom is -0.492 e. The fourth-order valence-corrected chi connectivity index (χ4v) is 1.51. The molecule has 0 aliphatic rings. The first-order valence-electron chi connectivity index (χ1n) is 4.73. The Bertz CT molecular complexity index is 390. The Kier molecular flexibility index (Phi) is 4.43. The van der Waals surface area contributed by atoms with Gasteiger partial charge in [0.05, 0.1) is 26.4 Å². The number of hydrogen-bond donors (Lipinski definition) is 0. The summed E-state index contributed by atoms with van der Waals surface area (Å²) in [5, 5.41) is -0.599. The van der Waals surface area contributed by atoms with Crippen molar-refractivity contribution >= 4 is 16.8 Å². The van der Waals surface area contributed by atoms with Crippen LogP contribution in [0.15, 0.2) is 12.1 Å². The zero-order valence-electron chi connectivity index (χ0n) is 9.37. The molecule has 1 aromatic rings. The molecule has 16 heavy (non-hydrogen) atoms. The van der Waals surface area contributed by atoms with Crippen molar-refractivity contribution in [3.05, 3.63) is 17.7 Å². The first kappa shape index (κ1) is 12.6. The van der Waals surface area contributed by atoms with Crippen molar-refractivity contribution in [1.82, 2.24) is 0 Å². The van der Waals surface area contributed by atoms with Gasteiger partial charge in [-0.2, -0.15) is 0 Å². The molecular formula is C11H13ClO4. The molecule has 0 saturated heterocycles. The molecule has 0 aromatic heterocycles. The van der Waals surface area contributed by atoms with Crippen LogP contribution in [-0.2, 0) is 0 Å². The van der Waals surface area contributed by atoms with Gasteiger partial charge < -0.3 is 14.2 Å². The highest BCUT2D eigenvalue weighted by molar-refractivity contribution is 6.68. The summed E-state index contributed by atoms with van der Waals surface area (Å²) in [5.41, 5.74) is 0.254. The van der Waals surface area contributed by atoms with Gasteiger partial charge in [-0.05, 0) is 30.7 Å². The van der Waals surface area contributed by atoms with Crippen LogP contribution in [0.2, 0.25) is 0 Å². The summed E-state index contributed by atoms with van der Waals surface area (Å²) in [6, 6.07) is 3.17. The van der Waals surface area contributed by atoms with Crippen molar-refractivity contribution < 1.29 is 19.0 Å². The molecule has 1 aromatic carbocycles. The monoisotopic (exact) mass is 244 g/mol. The third-order valence-corrected chi connectivity index (χ3v) is 2.20. The van der Waals surface area contributed by atoms with Crippen molar-refractivity contribution in [2.75, 3.05) is 20.8 Å². The van der Waals surface area contributed by atoms with E-state index in [9.17, 15) is 4.79 Å². The molecule has 1 rings (SSSR count). The first-order chi connectivity index (χ1) is 7.65. The van der Waals surface area contributed by atoms with Gasteiger partial charge in [0.25, 0.3) is 5.24 Å². The molecule has 0 saturated carbocycles. The Hall–Kier alpha value is -1.42. The molecule has 5 heteroatoms. The van der Waals surface area contributed by atoms with Crippen molar-refractivity contribution in [1.29, 1.82) is 0 Å². The number of hydrogen-bond acceptors (Lipinski definition) is 4. The highest BCUT2D eigenvalue weighted by Crippen LogP contribution is 2.40. The molecule has 0 radical (unpaired) electrons. The Morgan fingerprint density at radius 2 is 1.88 bits per heavy atom. The second kappa shape index (κ2) is 5.61. The molecule has 88 valence electrons. The van der Waals surface area contributed by atoms with Crippen LogP contribution in [0.3, 0.4) is 0 Å². The maximum Gasteiger partial charge on any atom is 0.256 e. The topological polar surface area (TPSA) is 44.8 Å². The lowest BCUT2D eigenvalue weighted by atomic mass is 10.2. The number of carbonyl (C=O) groups is 1. The van der Waals surface area contributed by atoms with E-state index in [1.807, 2.05) is 6.92 Å². The molecule has 0 N–H and O–H groups in total. The summed E-state index contributed by atoms with van der Waals surface area (Å²) in [6.45, 7) is 2.35. The van der Waals surface area contributed by atoms with Gasteiger partial charge in [0, 0.05) is 0 Å². The number of methoxy groups -OCH3 is 2. The normalized spacial score (nSPS) is 9.75. The van der Waals surface area contributed by atoms with Crippen LogP contribution in [0.5, 0.6) is 17.2 Å². The smallest absolute Gasteiger partial charge is 0.256 e. The molecular weight excluding hydrogens is 232 g/mol. The minimum atomic E-state index is -0.599. The fraction of sp³-hybridized carbons (Fsp3) is 0.364. The van der Waals surface area contributed by atoms with Crippen LogP contribution in [0.4, 0.5) is 0 Å². The number of rotatable bonds is 5. The molecule has 4 nitrogen and oxygen atoms in total. The lowest BCUT2D eigenvalue weighted by Gasteiger charge is -2.14. The molecule has 0 amide bonds. The van der Waals surface area contributed by atoms with E-state index in [0.717, 1.165) is 0 Å². The van der Waals surface area contributed by atoms with Crippen LogP contribution in [-0.4, -0.2) is 26.1 Å². The highest BCUT2D eigenvalue weighted by Gasteiger charge is 2.19. The number of ether oxygens (including phenoxy) is 3. The number of benzene rings is 1. The van der Waals surface area contributed by atoms with E-state index < -0.39 is 5.24 Å². The van der Waals surface area contributed by atoms with E-state index >= 15 is 0 Å². The van der Waals surface area contributed by atoms with Gasteiger partial charge in [0.2, 0.25) is 5.75 Å². The summed E-state index contributed by atoms with van der Waals surface area (Å²) >= 11 is 5.43. The Morgan fingerprint density at radius 3 is 2.31 bits per heavy atom. The van der Waals surface area contributed by atoms with Crippen LogP contribution in [0.1, 0.15) is 17.3 Å². The van der Waals surface area contributed by atoms with Crippen LogP contribution >= 0.6 is 11.6 Å². The molecule has 0 aliphatic carbocycles. The van der Waals surface area contributed by atoms with E-state index in [-0.39, 0.29) is 11.3 Å². The van der Waals surface area contributed by atoms with Gasteiger partial charge in [-0.3, -0.25) is 4.79 Å². The van der Waals surface area contributed by atoms with Crippen molar-refractivity contribution in [3.63, 3.8) is 0 Å². The predicted octanol–water partition coefficient (Wildman–Crippen LogP) is 2.48. The average Bonchev–Trinajstić information content (AvgIpc) is 2.28. The van der Waals surface area contributed by atoms with Gasteiger partial charge in [-0.1, -0.05) is 0 Å². The Balaban J connectivity index is 3.33. The minimum absolute atomic E-state index is 0.254. The quantitative estimate of drug-likeness (QED) is 0.747. The molecule has 0 atom stereocenters. The molecule has 0 spiro atoms. The lowest BCUT2D eigenvalue weighted by molar-refractivity contribution is 0.107. The van der Waals surface area contributed by atoms with Crippen molar-refractivity contribution in [2.24, 2.45) is 0 Å². The zero-order chi connectivity index (χ0) is 12.1. The van der Waals surface area contributed by atoms with E-state index in [0.29, 0.717) is 18.1 Å². The molecule has 0 fully saturated rings. The maximum absolute atomic E-state index is 11.2. The third kappa shape index (κ3) is 2.39. The SMILES string of the molecule is CCOc1ccc(C(=O)Cl)c(OC)c1OC. The number of carbonyl (C=O) groups excluding carboxylic acids is 1. The van der Waals surface area contributed by atoms with Crippen LogP contribution in [0.25, 0.3) is 0 Å². The second-order valence-electron chi connectivity index (χ2n) is 2.88. The van der Waals surface area contributed by atoms with E-state index in [4.69, 9.17) is 25.8 Å². The molecule has 0 unspecified atom stereocenters. The Morgan fingerprint density at radius 1 is 1.25 bits per heavy atom. The second-order valence-corrected chi connectivity index (χ2v) is 3.23. The maximum atomic E-state index is 11.2. The van der Waals surface area contributed by atoms with Gasteiger partial charge in [0.1, 0.15) is 0 Å². The summed E-state index contributed by atoms with van der Waals surface area (Å²) in [6.07, 6.45) is 0. The van der Waals surface area contributed by atoms with E-state index in [2.05, 4.69) is 0 Å². The summed E-state index contributed by atoms with van der Waals surface area (Å²) in [5.74, 6) is 1.17. The van der Waals surface area contributed by atoms with Crippen LogP contribution < -0.4 is 14.2 Å². The summed E-state index contributed by atoms with van der Waals surface area (Å²) in [4.78, 5) is 11.2. The van der Waals surface area contributed by atoms with Gasteiger partial charge in [0.15, 0.2) is 11.5 Å². The van der Waals surface area contributed by atoms with E-state index in [1.54, 1.807) is 12.1 Å². The van der Waals surface area contributed by atoms with Crippen molar-refractivity contribution in [3.8, 4) is 17.2 Å². The largest absolute Gasteiger partial charge is 0.492 e. The molecule has 0 heterocycles. The highest BCUT2D eigenvalue weighted by atomic mass is 35.5. The average molecular weight is 245 g/mol. The molecule has 0 aliphatic heterocycles. The third-order valence-electron chi connectivity index (χ3n) is 2.00. The standard InChI is InChI=1S/C11H13ClO4/c1-4-16-8-6-5-7(11(12)13)9(14-2)10(8)15-3/h5-6H,4H2,1-3H3. The number of halogens is 1. The summed E-state index contributed by atoms with van der Waals surface area (Å²) < 4.78 is 15.6. The van der Waals surface area contributed by atoms with Crippen LogP contribution in [0, 0.1) is 0 Å². The van der Waals surface area contributed by atoms with Gasteiger partial charge in [-0.25, -0.2) is 0 Å². The van der Waals surface area contributed by atoms with E-state index in [1.165, 1.54) is 14.2 Å². The lowest BCUT2D eigenvalue weighted by Crippen LogP contribution is -2.02. The van der Waals surface area contributed by atoms with Gasteiger partial charge in [-0.15, -0.1) is 0 Å². The zero-order valence-corrected chi connectivity index (χ0v) is 10.1. The first-order valence-corrected chi connectivity index (χ1v) is 5.11. The predicted molar refractivity (Wildman–Crippen MR) is 60.9 cm³/mol.